The predicted molar refractivity (Wildman–Crippen MR) is 108 cm³/mol. The number of amides is 3. The zero-order valence-corrected chi connectivity index (χ0v) is 16.3. The van der Waals surface area contributed by atoms with Crippen LogP contribution in [0.3, 0.4) is 0 Å². The summed E-state index contributed by atoms with van der Waals surface area (Å²) in [7, 11) is 0. The normalized spacial score (nSPS) is 17.7. The number of hydrogen-bond donors (Lipinski definition) is 3. The monoisotopic (exact) mass is 381 g/mol. The number of aliphatic hydroxyl groups is 1. The van der Waals surface area contributed by atoms with E-state index in [-0.39, 0.29) is 30.5 Å². The van der Waals surface area contributed by atoms with Crippen LogP contribution in [0.25, 0.3) is 0 Å². The van der Waals surface area contributed by atoms with E-state index >= 15 is 0 Å². The molecule has 0 bridgehead atoms. The average molecular weight is 381 g/mol. The van der Waals surface area contributed by atoms with Gasteiger partial charge in [-0.1, -0.05) is 56.7 Å². The first-order valence-corrected chi connectivity index (χ1v) is 9.61. The Morgan fingerprint density at radius 3 is 2.50 bits per heavy atom. The van der Waals surface area contributed by atoms with Gasteiger partial charge in [-0.3, -0.25) is 4.79 Å². The summed E-state index contributed by atoms with van der Waals surface area (Å²) in [6, 6.07) is 14.1. The number of primary amides is 1. The minimum atomic E-state index is -0.470. The minimum absolute atomic E-state index is 0.0920. The fourth-order valence-corrected chi connectivity index (χ4v) is 3.67. The first kappa shape index (κ1) is 19.9. The van der Waals surface area contributed by atoms with Crippen molar-refractivity contribution in [3.63, 3.8) is 0 Å². The van der Waals surface area contributed by atoms with Crippen LogP contribution in [0.5, 0.6) is 0 Å². The lowest BCUT2D eigenvalue weighted by Crippen LogP contribution is -2.41. The van der Waals surface area contributed by atoms with Crippen molar-refractivity contribution in [2.24, 2.45) is 11.7 Å². The molecule has 1 heterocycles. The standard InChI is InChI=1S/C22H27N3O3/c1-3-14(2)19(13-26)24-21(27)16-10-8-15(9-11-16)20-18-7-5-4-6-17(18)12-25(20)22(23)28/h4-11,14,19-20,26H,3,12-13H2,1-2H3,(H2,23,28)(H,24,27)/t14-,19+,20?/m0/s1. The Labute approximate surface area is 165 Å². The highest BCUT2D eigenvalue weighted by molar-refractivity contribution is 5.94. The summed E-state index contributed by atoms with van der Waals surface area (Å²) >= 11 is 0. The maximum atomic E-state index is 12.5. The van der Waals surface area contributed by atoms with Gasteiger partial charge < -0.3 is 21.1 Å². The van der Waals surface area contributed by atoms with E-state index in [0.717, 1.165) is 23.1 Å². The van der Waals surface area contributed by atoms with Crippen LogP contribution >= 0.6 is 0 Å². The van der Waals surface area contributed by atoms with Gasteiger partial charge in [-0.05, 0) is 34.7 Å². The molecular formula is C22H27N3O3. The Bertz CT molecular complexity index is 850. The second-order valence-corrected chi connectivity index (χ2v) is 7.34. The number of rotatable bonds is 6. The largest absolute Gasteiger partial charge is 0.394 e. The van der Waals surface area contributed by atoms with Gasteiger partial charge in [-0.25, -0.2) is 4.79 Å². The molecule has 0 fully saturated rings. The molecule has 28 heavy (non-hydrogen) atoms. The molecule has 2 aromatic carbocycles. The molecule has 2 aromatic rings. The molecule has 148 valence electrons. The molecule has 0 radical (unpaired) electrons. The minimum Gasteiger partial charge on any atom is -0.394 e. The van der Waals surface area contributed by atoms with Crippen LogP contribution in [0.2, 0.25) is 0 Å². The van der Waals surface area contributed by atoms with E-state index < -0.39 is 6.03 Å². The summed E-state index contributed by atoms with van der Waals surface area (Å²) < 4.78 is 0. The number of aliphatic hydroxyl groups excluding tert-OH is 1. The van der Waals surface area contributed by atoms with Crippen molar-refractivity contribution in [2.45, 2.75) is 38.9 Å². The van der Waals surface area contributed by atoms with Gasteiger partial charge >= 0.3 is 6.03 Å². The molecule has 0 aliphatic carbocycles. The average Bonchev–Trinajstić information content (AvgIpc) is 3.11. The molecule has 3 atom stereocenters. The fourth-order valence-electron chi connectivity index (χ4n) is 3.67. The number of carbonyl (C=O) groups is 2. The summed E-state index contributed by atoms with van der Waals surface area (Å²) in [5.41, 5.74) is 9.14. The van der Waals surface area contributed by atoms with E-state index in [2.05, 4.69) is 5.32 Å². The van der Waals surface area contributed by atoms with Crippen LogP contribution < -0.4 is 11.1 Å². The molecule has 6 heteroatoms. The van der Waals surface area contributed by atoms with E-state index in [0.29, 0.717) is 12.1 Å². The van der Waals surface area contributed by atoms with E-state index in [1.807, 2.05) is 50.2 Å². The molecule has 0 aromatic heterocycles. The van der Waals surface area contributed by atoms with Gasteiger partial charge in [0.1, 0.15) is 0 Å². The maximum absolute atomic E-state index is 12.5. The molecule has 4 N–H and O–H groups in total. The number of urea groups is 1. The maximum Gasteiger partial charge on any atom is 0.315 e. The molecule has 3 amide bonds. The number of nitrogens with two attached hydrogens (primary N) is 1. The lowest BCUT2D eigenvalue weighted by atomic mass is 9.96. The summed E-state index contributed by atoms with van der Waals surface area (Å²) in [6.07, 6.45) is 0.870. The Hall–Kier alpha value is -2.86. The van der Waals surface area contributed by atoms with Crippen LogP contribution in [-0.4, -0.2) is 34.6 Å². The number of nitrogens with zero attached hydrogens (tertiary/aromatic N) is 1. The predicted octanol–water partition coefficient (Wildman–Crippen LogP) is 2.81. The van der Waals surface area contributed by atoms with Crippen molar-refractivity contribution >= 4 is 11.9 Å². The third kappa shape index (κ3) is 3.87. The molecule has 1 unspecified atom stereocenters. The third-order valence-electron chi connectivity index (χ3n) is 5.62. The Kier molecular flexibility index (Phi) is 5.99. The van der Waals surface area contributed by atoms with Crippen molar-refractivity contribution in [1.29, 1.82) is 0 Å². The summed E-state index contributed by atoms with van der Waals surface area (Å²) in [5.74, 6) is -0.0307. The molecule has 1 aliphatic rings. The second-order valence-electron chi connectivity index (χ2n) is 7.34. The fraction of sp³-hybridized carbons (Fsp3) is 0.364. The van der Waals surface area contributed by atoms with Gasteiger partial charge in [0.25, 0.3) is 5.91 Å². The molecule has 0 spiro atoms. The molecule has 0 saturated carbocycles. The lowest BCUT2D eigenvalue weighted by Gasteiger charge is -2.24. The van der Waals surface area contributed by atoms with Crippen LogP contribution in [0.4, 0.5) is 4.79 Å². The molecule has 1 aliphatic heterocycles. The van der Waals surface area contributed by atoms with Crippen molar-refractivity contribution in [3.8, 4) is 0 Å². The van der Waals surface area contributed by atoms with Gasteiger partial charge in [0.15, 0.2) is 0 Å². The first-order chi connectivity index (χ1) is 13.5. The number of hydrogen-bond acceptors (Lipinski definition) is 3. The summed E-state index contributed by atoms with van der Waals surface area (Å²) in [5, 5.41) is 12.4. The lowest BCUT2D eigenvalue weighted by molar-refractivity contribution is 0.0891. The van der Waals surface area contributed by atoms with Crippen LogP contribution in [0, 0.1) is 5.92 Å². The van der Waals surface area contributed by atoms with Crippen molar-refractivity contribution in [2.75, 3.05) is 6.61 Å². The first-order valence-electron chi connectivity index (χ1n) is 9.61. The number of fused-ring (bicyclic) bond motifs is 1. The second kappa shape index (κ2) is 8.44. The smallest absolute Gasteiger partial charge is 0.315 e. The van der Waals surface area contributed by atoms with Gasteiger partial charge in [-0.15, -0.1) is 0 Å². The zero-order valence-electron chi connectivity index (χ0n) is 16.3. The van der Waals surface area contributed by atoms with Crippen LogP contribution in [-0.2, 0) is 6.54 Å². The highest BCUT2D eigenvalue weighted by Crippen LogP contribution is 2.38. The SMILES string of the molecule is CC[C@H](C)[C@@H](CO)NC(=O)c1ccc(C2c3ccccc3CN2C(N)=O)cc1. The quantitative estimate of drug-likeness (QED) is 0.718. The topological polar surface area (TPSA) is 95.7 Å². The van der Waals surface area contributed by atoms with E-state index in [4.69, 9.17) is 5.73 Å². The van der Waals surface area contributed by atoms with Crippen LogP contribution in [0.1, 0.15) is 53.4 Å². The van der Waals surface area contributed by atoms with E-state index in [1.54, 1.807) is 17.0 Å². The van der Waals surface area contributed by atoms with E-state index in [1.165, 1.54) is 0 Å². The molecular weight excluding hydrogens is 354 g/mol. The number of nitrogens with one attached hydrogen (secondary N) is 1. The van der Waals surface area contributed by atoms with Crippen molar-refractivity contribution < 1.29 is 14.7 Å². The van der Waals surface area contributed by atoms with Gasteiger partial charge in [0, 0.05) is 12.1 Å². The number of carbonyl (C=O) groups excluding carboxylic acids is 2. The molecule has 6 nitrogen and oxygen atoms in total. The van der Waals surface area contributed by atoms with Gasteiger partial charge in [0.2, 0.25) is 0 Å². The van der Waals surface area contributed by atoms with Crippen LogP contribution in [0.15, 0.2) is 48.5 Å². The van der Waals surface area contributed by atoms with Crippen molar-refractivity contribution in [3.05, 3.63) is 70.8 Å². The third-order valence-corrected chi connectivity index (χ3v) is 5.62. The van der Waals surface area contributed by atoms with Crippen molar-refractivity contribution in [1.82, 2.24) is 10.2 Å². The Balaban J connectivity index is 1.82. The van der Waals surface area contributed by atoms with Gasteiger partial charge in [0.05, 0.1) is 18.7 Å². The van der Waals surface area contributed by atoms with Gasteiger partial charge in [-0.2, -0.15) is 0 Å². The highest BCUT2D eigenvalue weighted by Gasteiger charge is 2.33. The van der Waals surface area contributed by atoms with E-state index in [9.17, 15) is 14.7 Å². The number of benzene rings is 2. The molecule has 0 saturated heterocycles. The molecule has 3 rings (SSSR count). The highest BCUT2D eigenvalue weighted by atomic mass is 16.3. The summed E-state index contributed by atoms with van der Waals surface area (Å²) in [6.45, 7) is 4.41. The summed E-state index contributed by atoms with van der Waals surface area (Å²) in [4.78, 5) is 26.1. The Morgan fingerprint density at radius 2 is 1.89 bits per heavy atom. The zero-order chi connectivity index (χ0) is 20.3. The Morgan fingerprint density at radius 1 is 1.21 bits per heavy atom.